The van der Waals surface area contributed by atoms with Gasteiger partial charge in [-0.25, -0.2) is 4.98 Å². The molecule has 2 aromatic carbocycles. The van der Waals surface area contributed by atoms with E-state index in [4.69, 9.17) is 16.3 Å². The fourth-order valence-electron chi connectivity index (χ4n) is 4.16. The number of aromatic nitrogens is 2. The maximum absolute atomic E-state index is 12.9. The lowest BCUT2D eigenvalue weighted by Gasteiger charge is -2.19. The quantitative estimate of drug-likeness (QED) is 0.275. The van der Waals surface area contributed by atoms with Gasteiger partial charge in [0.05, 0.1) is 22.4 Å². The zero-order chi connectivity index (χ0) is 26.5. The largest absolute Gasteiger partial charge is 0.489 e. The lowest BCUT2D eigenvalue weighted by molar-refractivity contribution is 0.0929. The molecule has 2 heterocycles. The number of aliphatic hydroxyl groups excluding tert-OH is 1. The number of amides is 1. The first-order chi connectivity index (χ1) is 17.7. The summed E-state index contributed by atoms with van der Waals surface area (Å²) >= 11 is 6.29. The van der Waals surface area contributed by atoms with Crippen molar-refractivity contribution in [2.75, 3.05) is 6.61 Å². The van der Waals surface area contributed by atoms with Crippen LogP contribution in [0.25, 0.3) is 16.9 Å². The lowest BCUT2D eigenvalue weighted by Crippen LogP contribution is -2.37. The summed E-state index contributed by atoms with van der Waals surface area (Å²) in [6.45, 7) is 5.30. The second kappa shape index (κ2) is 11.6. The Morgan fingerprint density at radius 3 is 2.54 bits per heavy atom. The van der Waals surface area contributed by atoms with Crippen molar-refractivity contribution >= 4 is 28.9 Å². The molecule has 37 heavy (non-hydrogen) atoms. The second-order valence-corrected chi connectivity index (χ2v) is 9.64. The van der Waals surface area contributed by atoms with Crippen molar-refractivity contribution in [3.05, 3.63) is 88.7 Å². The van der Waals surface area contributed by atoms with Gasteiger partial charge < -0.3 is 19.6 Å². The molecule has 0 radical (unpaired) electrons. The number of fused-ring (bicyclic) bond motifs is 1. The van der Waals surface area contributed by atoms with E-state index in [2.05, 4.69) is 10.3 Å². The van der Waals surface area contributed by atoms with E-state index in [1.54, 1.807) is 24.3 Å². The molecule has 0 saturated carbocycles. The molecule has 4 aromatic rings. The number of benzene rings is 2. The highest BCUT2D eigenvalue weighted by Gasteiger charge is 2.17. The minimum absolute atomic E-state index is 0.0248. The third kappa shape index (κ3) is 6.37. The van der Waals surface area contributed by atoms with Crippen LogP contribution in [0.4, 0.5) is 0 Å². The summed E-state index contributed by atoms with van der Waals surface area (Å²) in [6, 6.07) is 16.2. The maximum Gasteiger partial charge on any atom is 0.251 e. The number of carbonyl (C=O) groups is 2. The summed E-state index contributed by atoms with van der Waals surface area (Å²) < 4.78 is 7.48. The Hall–Kier alpha value is -3.68. The Balaban J connectivity index is 1.46. The van der Waals surface area contributed by atoms with Crippen LogP contribution < -0.4 is 10.1 Å². The predicted molar refractivity (Wildman–Crippen MR) is 145 cm³/mol. The van der Waals surface area contributed by atoms with Gasteiger partial charge in [0.25, 0.3) is 5.91 Å². The minimum atomic E-state index is -0.265. The second-order valence-electron chi connectivity index (χ2n) is 9.23. The number of Topliss-reactive ketones (excluding diaryl/α,β-unsaturated/α-hetero) is 1. The Morgan fingerprint density at radius 2 is 1.89 bits per heavy atom. The molecular weight excluding hydrogens is 490 g/mol. The number of ketones is 1. The zero-order valence-electron chi connectivity index (χ0n) is 21.1. The third-order valence-corrected chi connectivity index (χ3v) is 6.26. The molecule has 0 aliphatic carbocycles. The molecule has 2 N–H and O–H groups in total. The van der Waals surface area contributed by atoms with Gasteiger partial charge in [-0.3, -0.25) is 9.59 Å². The predicted octanol–water partition coefficient (Wildman–Crippen LogP) is 5.37. The maximum atomic E-state index is 12.9. The standard InChI is InChI=1S/C29H30ClN3O4/c1-18(2)37-27-11-10-22(16-25(27)30)29(36)31-23(12-14-34)15-20-6-8-21(9-7-20)26-17-33-13-4-5-24(19(3)35)28(33)32-26/h4-11,13,16-18,23,34H,12,14-15H2,1-3H3,(H,31,36)/t23-/m1/s1. The van der Waals surface area contributed by atoms with Crippen LogP contribution in [-0.4, -0.2) is 44.9 Å². The number of ether oxygens (including phenoxy) is 1. The Morgan fingerprint density at radius 1 is 1.14 bits per heavy atom. The Kier molecular flexibility index (Phi) is 8.26. The number of pyridine rings is 1. The first-order valence-electron chi connectivity index (χ1n) is 12.2. The van der Waals surface area contributed by atoms with E-state index in [9.17, 15) is 14.7 Å². The number of carbonyl (C=O) groups excluding carboxylic acids is 2. The monoisotopic (exact) mass is 519 g/mol. The first kappa shape index (κ1) is 26.4. The molecule has 0 bridgehead atoms. The molecule has 1 amide bonds. The number of imidazole rings is 1. The van der Waals surface area contributed by atoms with Crippen LogP contribution in [0.5, 0.6) is 5.75 Å². The van der Waals surface area contributed by atoms with E-state index in [1.165, 1.54) is 6.92 Å². The normalized spacial score (nSPS) is 12.1. The fraction of sp³-hybridized carbons (Fsp3) is 0.276. The van der Waals surface area contributed by atoms with Crippen LogP contribution in [0, 0.1) is 0 Å². The van der Waals surface area contributed by atoms with Gasteiger partial charge in [0.1, 0.15) is 11.4 Å². The van der Waals surface area contributed by atoms with Crippen molar-refractivity contribution in [3.8, 4) is 17.0 Å². The van der Waals surface area contributed by atoms with Gasteiger partial charge in [0, 0.05) is 36.2 Å². The highest BCUT2D eigenvalue weighted by Crippen LogP contribution is 2.27. The number of nitrogens with zero attached hydrogens (tertiary/aromatic N) is 2. The van der Waals surface area contributed by atoms with Gasteiger partial charge in [-0.15, -0.1) is 0 Å². The highest BCUT2D eigenvalue weighted by atomic mass is 35.5. The molecule has 0 aliphatic heterocycles. The smallest absolute Gasteiger partial charge is 0.251 e. The molecule has 4 rings (SSSR count). The van der Waals surface area contributed by atoms with E-state index in [0.29, 0.717) is 40.4 Å². The molecular formula is C29H30ClN3O4. The molecule has 8 heteroatoms. The molecule has 0 aliphatic rings. The molecule has 2 aromatic heterocycles. The number of halogens is 1. The van der Waals surface area contributed by atoms with E-state index < -0.39 is 0 Å². The van der Waals surface area contributed by atoms with Crippen molar-refractivity contribution in [1.29, 1.82) is 0 Å². The van der Waals surface area contributed by atoms with Gasteiger partial charge >= 0.3 is 0 Å². The Labute approximate surface area is 221 Å². The molecule has 0 saturated heterocycles. The fourth-order valence-corrected chi connectivity index (χ4v) is 4.39. The highest BCUT2D eigenvalue weighted by molar-refractivity contribution is 6.32. The summed E-state index contributed by atoms with van der Waals surface area (Å²) in [5, 5.41) is 12.9. The number of aliphatic hydroxyl groups is 1. The molecule has 1 atom stereocenters. The number of hydrogen-bond donors (Lipinski definition) is 2. The van der Waals surface area contributed by atoms with Crippen LogP contribution in [0.15, 0.2) is 67.0 Å². The van der Waals surface area contributed by atoms with Gasteiger partial charge in [0.15, 0.2) is 5.78 Å². The minimum Gasteiger partial charge on any atom is -0.489 e. The summed E-state index contributed by atoms with van der Waals surface area (Å²) in [7, 11) is 0. The summed E-state index contributed by atoms with van der Waals surface area (Å²) in [5.41, 5.74) is 4.33. The van der Waals surface area contributed by atoms with Crippen molar-refractivity contribution < 1.29 is 19.4 Å². The SMILES string of the molecule is CC(=O)c1cccn2cc(-c3ccc(C[C@@H](CCO)NC(=O)c4ccc(OC(C)C)c(Cl)c4)cc3)nc12. The molecule has 0 spiro atoms. The zero-order valence-corrected chi connectivity index (χ0v) is 21.8. The number of nitrogens with one attached hydrogen (secondary N) is 1. The molecule has 192 valence electrons. The third-order valence-electron chi connectivity index (χ3n) is 5.96. The van der Waals surface area contributed by atoms with Crippen molar-refractivity contribution in [1.82, 2.24) is 14.7 Å². The average molecular weight is 520 g/mol. The van der Waals surface area contributed by atoms with Crippen LogP contribution in [-0.2, 0) is 6.42 Å². The van der Waals surface area contributed by atoms with E-state index in [1.807, 2.05) is 61.0 Å². The van der Waals surface area contributed by atoms with Crippen LogP contribution >= 0.6 is 11.6 Å². The number of rotatable bonds is 10. The summed E-state index contributed by atoms with van der Waals surface area (Å²) in [6.07, 6.45) is 4.70. The Bertz CT molecular complexity index is 1410. The van der Waals surface area contributed by atoms with Gasteiger partial charge in [-0.2, -0.15) is 0 Å². The average Bonchev–Trinajstić information content (AvgIpc) is 3.30. The van der Waals surface area contributed by atoms with Gasteiger partial charge in [0.2, 0.25) is 0 Å². The summed E-state index contributed by atoms with van der Waals surface area (Å²) in [4.78, 5) is 29.5. The van der Waals surface area contributed by atoms with Crippen molar-refractivity contribution in [3.63, 3.8) is 0 Å². The van der Waals surface area contributed by atoms with Crippen LogP contribution in [0.2, 0.25) is 5.02 Å². The van der Waals surface area contributed by atoms with E-state index in [0.717, 1.165) is 16.8 Å². The van der Waals surface area contributed by atoms with E-state index in [-0.39, 0.29) is 30.4 Å². The summed E-state index contributed by atoms with van der Waals surface area (Å²) in [5.74, 6) is 0.236. The lowest BCUT2D eigenvalue weighted by atomic mass is 10.0. The molecule has 7 nitrogen and oxygen atoms in total. The van der Waals surface area contributed by atoms with Crippen LogP contribution in [0.3, 0.4) is 0 Å². The van der Waals surface area contributed by atoms with Crippen LogP contribution in [0.1, 0.15) is 53.5 Å². The molecule has 0 unspecified atom stereocenters. The van der Waals surface area contributed by atoms with E-state index >= 15 is 0 Å². The van der Waals surface area contributed by atoms with Crippen molar-refractivity contribution in [2.45, 2.75) is 45.8 Å². The van der Waals surface area contributed by atoms with Gasteiger partial charge in [-0.1, -0.05) is 35.9 Å². The van der Waals surface area contributed by atoms with Gasteiger partial charge in [-0.05, 0) is 69.5 Å². The topological polar surface area (TPSA) is 92.9 Å². The number of hydrogen-bond acceptors (Lipinski definition) is 5. The van der Waals surface area contributed by atoms with Crippen molar-refractivity contribution in [2.24, 2.45) is 0 Å². The molecule has 0 fully saturated rings. The first-order valence-corrected chi connectivity index (χ1v) is 12.6.